The Morgan fingerprint density at radius 3 is 2.30 bits per heavy atom. The van der Waals surface area contributed by atoms with Crippen molar-refractivity contribution in [1.82, 2.24) is 20.2 Å². The van der Waals surface area contributed by atoms with Crippen LogP contribution in [0.15, 0.2) is 60.8 Å². The van der Waals surface area contributed by atoms with Crippen molar-refractivity contribution >= 4 is 16.8 Å². The summed E-state index contributed by atoms with van der Waals surface area (Å²) >= 11 is 0. The lowest BCUT2D eigenvalue weighted by molar-refractivity contribution is 0.0703. The normalized spacial score (nSPS) is 14.7. The first-order valence-electron chi connectivity index (χ1n) is 13.5. The van der Waals surface area contributed by atoms with E-state index >= 15 is 0 Å². The Bertz CT molecular complexity index is 1390. The van der Waals surface area contributed by atoms with E-state index in [0.717, 1.165) is 53.8 Å². The van der Waals surface area contributed by atoms with Gasteiger partial charge in [0.15, 0.2) is 0 Å². The number of fused-ring (bicyclic) bond motifs is 1. The molecule has 2 N–H and O–H groups in total. The zero-order chi connectivity index (χ0) is 26.1. The van der Waals surface area contributed by atoms with E-state index in [0.29, 0.717) is 18.0 Å². The van der Waals surface area contributed by atoms with Gasteiger partial charge >= 0.3 is 0 Å². The molecule has 1 aliphatic heterocycles. The van der Waals surface area contributed by atoms with Crippen LogP contribution in [0.2, 0.25) is 0 Å². The number of aryl methyl sites for hydroxylation is 1. The zero-order valence-corrected chi connectivity index (χ0v) is 22.6. The highest BCUT2D eigenvalue weighted by molar-refractivity contribution is 5.96. The summed E-state index contributed by atoms with van der Waals surface area (Å²) in [6.45, 7) is 12.5. The molecule has 4 aromatic rings. The molecule has 2 aromatic heterocycles. The van der Waals surface area contributed by atoms with Gasteiger partial charge in [-0.1, -0.05) is 45.9 Å². The highest BCUT2D eigenvalue weighted by Crippen LogP contribution is 2.37. The predicted molar refractivity (Wildman–Crippen MR) is 153 cm³/mol. The number of benzene rings is 2. The summed E-state index contributed by atoms with van der Waals surface area (Å²) in [6.07, 6.45) is 3.90. The molecule has 2 aromatic carbocycles. The number of hydrogen-bond donors (Lipinski definition) is 2. The van der Waals surface area contributed by atoms with Crippen LogP contribution >= 0.6 is 0 Å². The molecule has 5 heteroatoms. The summed E-state index contributed by atoms with van der Waals surface area (Å²) in [6, 6.07) is 19.9. The third-order valence-corrected chi connectivity index (χ3v) is 7.42. The highest BCUT2D eigenvalue weighted by Gasteiger charge is 2.24. The first-order chi connectivity index (χ1) is 17.8. The van der Waals surface area contributed by atoms with E-state index in [4.69, 9.17) is 0 Å². The van der Waals surface area contributed by atoms with Crippen LogP contribution in [0.4, 0.5) is 0 Å². The fourth-order valence-electron chi connectivity index (χ4n) is 5.63. The van der Waals surface area contributed by atoms with Gasteiger partial charge in [0.1, 0.15) is 0 Å². The SMILES string of the molecule is Cc1cc(-c2[nH]c3ccc(-c4ccc(C(=O)N5CCC(NC(C)C)CC5)cc4)cc3c2C(C)C)ccn1. The Morgan fingerprint density at radius 2 is 1.65 bits per heavy atom. The average Bonchev–Trinajstić information content (AvgIpc) is 3.28. The minimum atomic E-state index is 0.134. The van der Waals surface area contributed by atoms with Crippen LogP contribution in [0.3, 0.4) is 0 Å². The number of nitrogens with one attached hydrogen (secondary N) is 2. The van der Waals surface area contributed by atoms with Gasteiger partial charge in [-0.2, -0.15) is 0 Å². The van der Waals surface area contributed by atoms with E-state index in [-0.39, 0.29) is 5.91 Å². The number of carbonyl (C=O) groups excluding carboxylic acids is 1. The second-order valence-electron chi connectivity index (χ2n) is 11.0. The summed E-state index contributed by atoms with van der Waals surface area (Å²) < 4.78 is 0. The molecule has 0 atom stereocenters. The van der Waals surface area contributed by atoms with Gasteiger partial charge in [-0.25, -0.2) is 0 Å². The fourth-order valence-corrected chi connectivity index (χ4v) is 5.63. The maximum atomic E-state index is 13.1. The van der Waals surface area contributed by atoms with E-state index in [1.54, 1.807) is 0 Å². The van der Waals surface area contributed by atoms with Crippen molar-refractivity contribution in [1.29, 1.82) is 0 Å². The highest BCUT2D eigenvalue weighted by atomic mass is 16.2. The van der Waals surface area contributed by atoms with Crippen molar-refractivity contribution in [3.8, 4) is 22.4 Å². The van der Waals surface area contributed by atoms with E-state index in [1.807, 2.05) is 30.2 Å². The molecule has 1 fully saturated rings. The van der Waals surface area contributed by atoms with Crippen LogP contribution in [-0.4, -0.2) is 45.9 Å². The summed E-state index contributed by atoms with van der Waals surface area (Å²) in [4.78, 5) is 23.2. The van der Waals surface area contributed by atoms with Crippen molar-refractivity contribution in [3.63, 3.8) is 0 Å². The second kappa shape index (κ2) is 10.5. The topological polar surface area (TPSA) is 61.0 Å². The largest absolute Gasteiger partial charge is 0.354 e. The number of piperidine rings is 1. The summed E-state index contributed by atoms with van der Waals surface area (Å²) in [5, 5.41) is 4.85. The number of carbonyl (C=O) groups is 1. The maximum absolute atomic E-state index is 13.1. The van der Waals surface area contributed by atoms with Crippen LogP contribution in [0, 0.1) is 6.92 Å². The number of amides is 1. The summed E-state index contributed by atoms with van der Waals surface area (Å²) in [7, 11) is 0. The number of rotatable bonds is 6. The van der Waals surface area contributed by atoms with E-state index in [1.165, 1.54) is 22.2 Å². The monoisotopic (exact) mass is 494 g/mol. The molecular formula is C32H38N4O. The molecule has 3 heterocycles. The van der Waals surface area contributed by atoms with E-state index in [9.17, 15) is 4.79 Å². The van der Waals surface area contributed by atoms with Crippen LogP contribution in [0.25, 0.3) is 33.3 Å². The van der Waals surface area contributed by atoms with E-state index in [2.05, 4.69) is 85.4 Å². The van der Waals surface area contributed by atoms with Gasteiger partial charge in [-0.05, 0) is 78.8 Å². The van der Waals surface area contributed by atoms with Crippen LogP contribution in [0.5, 0.6) is 0 Å². The number of H-pyrrole nitrogens is 1. The van der Waals surface area contributed by atoms with Crippen molar-refractivity contribution in [2.24, 2.45) is 0 Å². The van der Waals surface area contributed by atoms with Gasteiger partial charge in [0.25, 0.3) is 5.91 Å². The minimum absolute atomic E-state index is 0.134. The standard InChI is InChI=1S/C32H38N4O/c1-20(2)30-28-19-25(10-11-29(28)35-31(30)26-12-15-33-22(5)18-26)23-6-8-24(9-7-23)32(37)36-16-13-27(14-17-36)34-21(3)4/h6-12,15,18-21,27,34-35H,13-14,16-17H2,1-5H3. The molecule has 0 spiro atoms. The third-order valence-electron chi connectivity index (χ3n) is 7.42. The van der Waals surface area contributed by atoms with Gasteiger partial charge in [0, 0.05) is 59.1 Å². The first kappa shape index (κ1) is 25.2. The fraction of sp³-hybridized carbons (Fsp3) is 0.375. The molecule has 0 aliphatic carbocycles. The molecule has 0 unspecified atom stereocenters. The molecular weight excluding hydrogens is 456 g/mol. The lowest BCUT2D eigenvalue weighted by atomic mass is 9.94. The Kier molecular flexibility index (Phi) is 7.16. The summed E-state index contributed by atoms with van der Waals surface area (Å²) in [5.41, 5.74) is 8.85. The third kappa shape index (κ3) is 5.33. The maximum Gasteiger partial charge on any atom is 0.253 e. The Morgan fingerprint density at radius 1 is 0.946 bits per heavy atom. The number of aromatic amines is 1. The van der Waals surface area contributed by atoms with Gasteiger partial charge in [-0.3, -0.25) is 9.78 Å². The van der Waals surface area contributed by atoms with Crippen molar-refractivity contribution < 1.29 is 4.79 Å². The van der Waals surface area contributed by atoms with Crippen LogP contribution < -0.4 is 5.32 Å². The van der Waals surface area contributed by atoms with Gasteiger partial charge in [-0.15, -0.1) is 0 Å². The molecule has 192 valence electrons. The number of nitrogens with zero attached hydrogens (tertiary/aromatic N) is 2. The molecule has 1 aliphatic rings. The first-order valence-corrected chi connectivity index (χ1v) is 13.5. The van der Waals surface area contributed by atoms with Gasteiger partial charge in [0.05, 0.1) is 5.69 Å². The molecule has 1 saturated heterocycles. The number of likely N-dealkylation sites (tertiary alicyclic amines) is 1. The average molecular weight is 495 g/mol. The van der Waals surface area contributed by atoms with Gasteiger partial charge < -0.3 is 15.2 Å². The summed E-state index contributed by atoms with van der Waals surface area (Å²) in [5.74, 6) is 0.502. The number of pyridine rings is 1. The molecule has 5 rings (SSSR count). The Balaban J connectivity index is 1.38. The molecule has 1 amide bonds. The van der Waals surface area contributed by atoms with Gasteiger partial charge in [0.2, 0.25) is 0 Å². The zero-order valence-electron chi connectivity index (χ0n) is 22.6. The molecule has 37 heavy (non-hydrogen) atoms. The van der Waals surface area contributed by atoms with Crippen molar-refractivity contribution in [2.75, 3.05) is 13.1 Å². The number of aromatic nitrogens is 2. The quantitative estimate of drug-likeness (QED) is 0.305. The van der Waals surface area contributed by atoms with Crippen LogP contribution in [0.1, 0.15) is 68.1 Å². The minimum Gasteiger partial charge on any atom is -0.354 e. The predicted octanol–water partition coefficient (Wildman–Crippen LogP) is 6.93. The van der Waals surface area contributed by atoms with Crippen molar-refractivity contribution in [3.05, 3.63) is 77.6 Å². The van der Waals surface area contributed by atoms with Crippen molar-refractivity contribution in [2.45, 2.75) is 65.5 Å². The molecule has 5 nitrogen and oxygen atoms in total. The lowest BCUT2D eigenvalue weighted by Crippen LogP contribution is -2.46. The Labute approximate surface area is 220 Å². The Hall–Kier alpha value is -3.44. The molecule has 0 saturated carbocycles. The smallest absolute Gasteiger partial charge is 0.253 e. The lowest BCUT2D eigenvalue weighted by Gasteiger charge is -2.33. The van der Waals surface area contributed by atoms with Crippen LogP contribution in [-0.2, 0) is 0 Å². The van der Waals surface area contributed by atoms with E-state index < -0.39 is 0 Å². The molecule has 0 bridgehead atoms. The number of hydrogen-bond acceptors (Lipinski definition) is 3. The second-order valence-corrected chi connectivity index (χ2v) is 11.0. The molecule has 0 radical (unpaired) electrons.